The van der Waals surface area contributed by atoms with Gasteiger partial charge in [-0.15, -0.1) is 0 Å². The van der Waals surface area contributed by atoms with E-state index in [4.69, 9.17) is 4.74 Å². The van der Waals surface area contributed by atoms with Gasteiger partial charge in [-0.05, 0) is 33.4 Å². The molecule has 0 spiro atoms. The lowest BCUT2D eigenvalue weighted by molar-refractivity contribution is 0.214. The molecule has 1 unspecified atom stereocenters. The number of aromatic nitrogens is 1. The summed E-state index contributed by atoms with van der Waals surface area (Å²) in [5.41, 5.74) is 0.725. The Morgan fingerprint density at radius 3 is 2.31 bits per heavy atom. The first-order valence-corrected chi connectivity index (χ1v) is 11.2. The third-order valence-electron chi connectivity index (χ3n) is 5.26. The number of pyridine rings is 1. The zero-order chi connectivity index (χ0) is 23.8. The molecule has 1 aliphatic rings. The number of ether oxygens (including phenoxy) is 1. The highest BCUT2D eigenvalue weighted by atomic mass is 32.2. The van der Waals surface area contributed by atoms with Gasteiger partial charge in [-0.2, -0.15) is 4.31 Å². The summed E-state index contributed by atoms with van der Waals surface area (Å²) in [6, 6.07) is 3.57. The molecule has 3 rings (SSSR count). The zero-order valence-corrected chi connectivity index (χ0v) is 18.4. The minimum Gasteiger partial charge on any atom is -0.489 e. The Kier molecular flexibility index (Phi) is 7.06. The quantitative estimate of drug-likeness (QED) is 0.346. The fourth-order valence-electron chi connectivity index (χ4n) is 3.20. The number of rotatable bonds is 7. The molecule has 1 aliphatic heterocycles. The standard InChI is InChI=1S/C20H22F5N3O3S/c1-11(2)27(3)9-12-8-13(4-6-26-12)31-14-5-7-28(10-14)32(29,30)20-18(24)16(22)15(21)17(23)19(20)25/h4,6,8,11,14H,5,7,9-10H2,1-3H3. The van der Waals surface area contributed by atoms with Crippen LogP contribution in [0.3, 0.4) is 0 Å². The largest absolute Gasteiger partial charge is 0.489 e. The van der Waals surface area contributed by atoms with Crippen molar-refractivity contribution in [2.45, 2.75) is 43.9 Å². The van der Waals surface area contributed by atoms with E-state index in [1.165, 1.54) is 6.20 Å². The topological polar surface area (TPSA) is 62.7 Å². The maximum atomic E-state index is 14.0. The van der Waals surface area contributed by atoms with E-state index in [1.54, 1.807) is 12.1 Å². The second-order valence-electron chi connectivity index (χ2n) is 7.78. The van der Waals surface area contributed by atoms with Crippen molar-refractivity contribution in [1.29, 1.82) is 0 Å². The average Bonchev–Trinajstić information content (AvgIpc) is 3.20. The molecule has 0 aliphatic carbocycles. The molecular formula is C20H22F5N3O3S. The third-order valence-corrected chi connectivity index (χ3v) is 7.14. The van der Waals surface area contributed by atoms with E-state index in [0.717, 1.165) is 5.69 Å². The van der Waals surface area contributed by atoms with Crippen LogP contribution in [-0.2, 0) is 16.6 Å². The Labute approximate surface area is 182 Å². The molecule has 176 valence electrons. The fourth-order valence-corrected chi connectivity index (χ4v) is 4.80. The monoisotopic (exact) mass is 479 g/mol. The van der Waals surface area contributed by atoms with Gasteiger partial charge in [-0.1, -0.05) is 0 Å². The van der Waals surface area contributed by atoms with Gasteiger partial charge in [0.25, 0.3) is 0 Å². The lowest BCUT2D eigenvalue weighted by Crippen LogP contribution is -2.33. The molecule has 2 aromatic rings. The number of nitrogens with zero attached hydrogens (tertiary/aromatic N) is 3. The Bertz CT molecular complexity index is 1080. The molecule has 0 amide bonds. The average molecular weight is 479 g/mol. The molecule has 1 fully saturated rings. The van der Waals surface area contributed by atoms with Crippen molar-refractivity contribution in [3.05, 3.63) is 53.1 Å². The lowest BCUT2D eigenvalue weighted by atomic mass is 10.2. The Hall–Kier alpha value is -2.31. The van der Waals surface area contributed by atoms with Crippen LogP contribution in [0, 0.1) is 29.1 Å². The lowest BCUT2D eigenvalue weighted by Gasteiger charge is -2.21. The third kappa shape index (κ3) is 4.71. The van der Waals surface area contributed by atoms with E-state index in [9.17, 15) is 30.4 Å². The van der Waals surface area contributed by atoms with Crippen LogP contribution in [-0.4, -0.2) is 54.9 Å². The van der Waals surface area contributed by atoms with Gasteiger partial charge in [-0.25, -0.2) is 30.4 Å². The summed E-state index contributed by atoms with van der Waals surface area (Å²) < 4.78 is 100. The summed E-state index contributed by atoms with van der Waals surface area (Å²) in [7, 11) is -3.05. The van der Waals surface area contributed by atoms with Crippen molar-refractivity contribution in [3.63, 3.8) is 0 Å². The van der Waals surface area contributed by atoms with Crippen molar-refractivity contribution >= 4 is 10.0 Å². The smallest absolute Gasteiger partial charge is 0.249 e. The number of hydrogen-bond acceptors (Lipinski definition) is 5. The molecule has 1 saturated heterocycles. The van der Waals surface area contributed by atoms with Crippen molar-refractivity contribution in [2.24, 2.45) is 0 Å². The SMILES string of the molecule is CC(C)N(C)Cc1cc(OC2CCN(S(=O)(=O)c3c(F)c(F)c(F)c(F)c3F)C2)ccn1. The Morgan fingerprint density at radius 1 is 1.12 bits per heavy atom. The highest BCUT2D eigenvalue weighted by Crippen LogP contribution is 2.31. The first kappa shape index (κ1) is 24.3. The van der Waals surface area contributed by atoms with E-state index >= 15 is 0 Å². The molecule has 1 aromatic carbocycles. The molecule has 0 radical (unpaired) electrons. The summed E-state index contributed by atoms with van der Waals surface area (Å²) in [4.78, 5) is 4.45. The summed E-state index contributed by atoms with van der Waals surface area (Å²) >= 11 is 0. The molecule has 2 heterocycles. The highest BCUT2D eigenvalue weighted by Gasteiger charge is 2.40. The molecular weight excluding hydrogens is 457 g/mol. The fraction of sp³-hybridized carbons (Fsp3) is 0.450. The van der Waals surface area contributed by atoms with Crippen molar-refractivity contribution in [3.8, 4) is 5.75 Å². The van der Waals surface area contributed by atoms with Crippen LogP contribution in [0.15, 0.2) is 23.2 Å². The number of benzene rings is 1. The van der Waals surface area contributed by atoms with Crippen LogP contribution in [0.1, 0.15) is 26.0 Å². The van der Waals surface area contributed by atoms with Gasteiger partial charge in [0.2, 0.25) is 15.8 Å². The van der Waals surface area contributed by atoms with Gasteiger partial charge in [0.05, 0.1) is 12.2 Å². The maximum Gasteiger partial charge on any atom is 0.249 e. The second-order valence-corrected chi connectivity index (χ2v) is 9.66. The van der Waals surface area contributed by atoms with Crippen molar-refractivity contribution in [1.82, 2.24) is 14.2 Å². The molecule has 0 N–H and O–H groups in total. The van der Waals surface area contributed by atoms with Crippen LogP contribution in [0.2, 0.25) is 0 Å². The Morgan fingerprint density at radius 2 is 1.72 bits per heavy atom. The Balaban J connectivity index is 1.77. The molecule has 32 heavy (non-hydrogen) atoms. The maximum absolute atomic E-state index is 14.0. The van der Waals surface area contributed by atoms with E-state index in [2.05, 4.69) is 9.88 Å². The van der Waals surface area contributed by atoms with Crippen LogP contribution in [0.5, 0.6) is 5.75 Å². The number of sulfonamides is 1. The molecule has 0 bridgehead atoms. The van der Waals surface area contributed by atoms with Gasteiger partial charge in [0, 0.05) is 31.4 Å². The minimum atomic E-state index is -4.98. The van der Waals surface area contributed by atoms with E-state index < -0.39 is 50.1 Å². The predicted molar refractivity (Wildman–Crippen MR) is 105 cm³/mol. The van der Waals surface area contributed by atoms with Crippen molar-refractivity contribution < 1.29 is 35.1 Å². The van der Waals surface area contributed by atoms with Crippen LogP contribution < -0.4 is 4.74 Å². The van der Waals surface area contributed by atoms with Crippen LogP contribution >= 0.6 is 0 Å². The molecule has 1 atom stereocenters. The summed E-state index contributed by atoms with van der Waals surface area (Å²) in [6.45, 7) is 4.09. The first-order chi connectivity index (χ1) is 14.9. The molecule has 6 nitrogen and oxygen atoms in total. The van der Waals surface area contributed by atoms with E-state index in [0.29, 0.717) is 16.6 Å². The highest BCUT2D eigenvalue weighted by molar-refractivity contribution is 7.89. The summed E-state index contributed by atoms with van der Waals surface area (Å²) in [6.07, 6.45) is 1.03. The van der Waals surface area contributed by atoms with Crippen LogP contribution in [0.25, 0.3) is 0 Å². The van der Waals surface area contributed by atoms with Crippen LogP contribution in [0.4, 0.5) is 22.0 Å². The summed E-state index contributed by atoms with van der Waals surface area (Å²) in [5, 5.41) is 0. The normalized spacial score (nSPS) is 17.5. The van der Waals surface area contributed by atoms with Crippen molar-refractivity contribution in [2.75, 3.05) is 20.1 Å². The van der Waals surface area contributed by atoms with E-state index in [1.807, 2.05) is 20.9 Å². The number of hydrogen-bond donors (Lipinski definition) is 0. The summed E-state index contributed by atoms with van der Waals surface area (Å²) in [5.74, 6) is -11.4. The minimum absolute atomic E-state index is 0.165. The van der Waals surface area contributed by atoms with Gasteiger partial charge in [-0.3, -0.25) is 9.88 Å². The van der Waals surface area contributed by atoms with Gasteiger partial charge < -0.3 is 4.74 Å². The van der Waals surface area contributed by atoms with E-state index in [-0.39, 0.29) is 25.6 Å². The molecule has 1 aromatic heterocycles. The van der Waals surface area contributed by atoms with Gasteiger partial charge >= 0.3 is 0 Å². The van der Waals surface area contributed by atoms with Gasteiger partial charge in [0.15, 0.2) is 28.2 Å². The zero-order valence-electron chi connectivity index (χ0n) is 17.6. The second kappa shape index (κ2) is 9.28. The first-order valence-electron chi connectivity index (χ1n) is 9.76. The molecule has 12 heteroatoms. The molecule has 0 saturated carbocycles. The number of halogens is 5. The predicted octanol–water partition coefficient (Wildman–Crippen LogP) is 3.46. The van der Waals surface area contributed by atoms with Gasteiger partial charge in [0.1, 0.15) is 11.9 Å².